The van der Waals surface area contributed by atoms with Crippen molar-refractivity contribution in [3.63, 3.8) is 0 Å². The molecule has 1 aliphatic rings. The van der Waals surface area contributed by atoms with Crippen molar-refractivity contribution in [2.45, 2.75) is 26.2 Å². The molecule has 1 aliphatic heterocycles. The minimum absolute atomic E-state index is 0.809. The van der Waals surface area contributed by atoms with Crippen molar-refractivity contribution in [3.05, 3.63) is 35.5 Å². The second-order valence-corrected chi connectivity index (χ2v) is 5.56. The van der Waals surface area contributed by atoms with E-state index < -0.39 is 0 Å². The Kier molecular flexibility index (Phi) is 3.13. The van der Waals surface area contributed by atoms with Crippen molar-refractivity contribution in [2.75, 3.05) is 13.1 Å². The number of fused-ring (bicyclic) bond motifs is 1. The lowest BCUT2D eigenvalue weighted by Gasteiger charge is -2.22. The predicted molar refractivity (Wildman–Crippen MR) is 77.0 cm³/mol. The Morgan fingerprint density at radius 1 is 1.33 bits per heavy atom. The van der Waals surface area contributed by atoms with Gasteiger partial charge in [-0.2, -0.15) is 0 Å². The molecule has 0 radical (unpaired) electrons. The topological polar surface area (TPSA) is 17.0 Å². The number of hydrogen-bond donors (Lipinski definition) is 1. The van der Waals surface area contributed by atoms with Gasteiger partial charge in [-0.1, -0.05) is 18.2 Å². The van der Waals surface area contributed by atoms with Crippen LogP contribution in [0.1, 0.15) is 24.1 Å². The molecule has 0 bridgehead atoms. The van der Waals surface area contributed by atoms with Gasteiger partial charge in [-0.05, 0) is 56.8 Å². The van der Waals surface area contributed by atoms with E-state index in [1.807, 2.05) is 0 Å². The van der Waals surface area contributed by atoms with E-state index in [0.717, 1.165) is 5.92 Å². The van der Waals surface area contributed by atoms with E-state index >= 15 is 0 Å². The van der Waals surface area contributed by atoms with Crippen LogP contribution in [0.15, 0.2) is 24.3 Å². The van der Waals surface area contributed by atoms with Crippen molar-refractivity contribution in [1.82, 2.24) is 9.88 Å². The van der Waals surface area contributed by atoms with Gasteiger partial charge in [0.15, 0.2) is 0 Å². The monoisotopic (exact) mass is 242 g/mol. The maximum Gasteiger partial charge on any atom is 0.0482 e. The summed E-state index contributed by atoms with van der Waals surface area (Å²) in [6.45, 7) is 4.64. The molecule has 2 heterocycles. The molecule has 0 amide bonds. The van der Waals surface area contributed by atoms with E-state index in [-0.39, 0.29) is 0 Å². The van der Waals surface area contributed by atoms with Crippen molar-refractivity contribution >= 4 is 10.9 Å². The van der Waals surface area contributed by atoms with E-state index in [1.54, 1.807) is 5.56 Å². The molecule has 1 aromatic carbocycles. The Morgan fingerprint density at radius 2 is 2.17 bits per heavy atom. The summed E-state index contributed by atoms with van der Waals surface area (Å²) in [5.41, 5.74) is 4.36. The fourth-order valence-electron chi connectivity index (χ4n) is 3.24. The first-order valence-electron chi connectivity index (χ1n) is 7.01. The van der Waals surface area contributed by atoms with Gasteiger partial charge in [0, 0.05) is 23.6 Å². The van der Waals surface area contributed by atoms with Crippen LogP contribution in [0.4, 0.5) is 0 Å². The Morgan fingerprint density at radius 3 is 2.94 bits per heavy atom. The van der Waals surface area contributed by atoms with Crippen LogP contribution in [-0.4, -0.2) is 17.7 Å². The molecule has 2 nitrogen and oxygen atoms in total. The molecule has 1 saturated heterocycles. The van der Waals surface area contributed by atoms with Crippen molar-refractivity contribution < 1.29 is 0 Å². The van der Waals surface area contributed by atoms with E-state index in [9.17, 15) is 0 Å². The maximum atomic E-state index is 3.52. The lowest BCUT2D eigenvalue weighted by molar-refractivity contribution is 0.376. The van der Waals surface area contributed by atoms with Crippen LogP contribution in [0.2, 0.25) is 0 Å². The average molecular weight is 242 g/mol. The molecule has 3 rings (SSSR count). The minimum Gasteiger partial charge on any atom is -0.348 e. The molecule has 0 aliphatic carbocycles. The third kappa shape index (κ3) is 1.95. The van der Waals surface area contributed by atoms with Crippen LogP contribution in [0.5, 0.6) is 0 Å². The molecule has 1 fully saturated rings. The molecule has 96 valence electrons. The van der Waals surface area contributed by atoms with Crippen LogP contribution in [0.3, 0.4) is 0 Å². The van der Waals surface area contributed by atoms with Gasteiger partial charge in [0.25, 0.3) is 0 Å². The molecule has 1 N–H and O–H groups in total. The van der Waals surface area contributed by atoms with Gasteiger partial charge in [-0.3, -0.25) is 0 Å². The number of aromatic nitrogens is 1. The van der Waals surface area contributed by atoms with E-state index in [2.05, 4.69) is 48.1 Å². The number of nitrogens with one attached hydrogen (secondary N) is 1. The lowest BCUT2D eigenvalue weighted by atomic mass is 9.91. The predicted octanol–water partition coefficient (Wildman–Crippen LogP) is 3.03. The van der Waals surface area contributed by atoms with Crippen LogP contribution in [0, 0.1) is 12.8 Å². The van der Waals surface area contributed by atoms with Gasteiger partial charge >= 0.3 is 0 Å². The number of benzene rings is 1. The fourth-order valence-corrected chi connectivity index (χ4v) is 3.24. The summed E-state index contributed by atoms with van der Waals surface area (Å²) in [5, 5.41) is 4.97. The Labute approximate surface area is 109 Å². The first kappa shape index (κ1) is 11.8. The molecule has 0 spiro atoms. The minimum atomic E-state index is 0.809. The van der Waals surface area contributed by atoms with Gasteiger partial charge in [-0.25, -0.2) is 0 Å². The smallest absolute Gasteiger partial charge is 0.0482 e. The van der Waals surface area contributed by atoms with E-state index in [1.165, 1.54) is 48.9 Å². The SMILES string of the molecule is Cc1c(CC2CCCNC2)c2ccccc2n1C. The number of aryl methyl sites for hydroxylation is 1. The quantitative estimate of drug-likeness (QED) is 0.856. The lowest BCUT2D eigenvalue weighted by Crippen LogP contribution is -2.30. The van der Waals surface area contributed by atoms with Crippen molar-refractivity contribution in [3.8, 4) is 0 Å². The maximum absolute atomic E-state index is 3.52. The summed E-state index contributed by atoms with van der Waals surface area (Å²) in [6, 6.07) is 8.79. The summed E-state index contributed by atoms with van der Waals surface area (Å²) in [5.74, 6) is 0.809. The highest BCUT2D eigenvalue weighted by Gasteiger charge is 2.18. The Balaban J connectivity index is 1.97. The third-order valence-electron chi connectivity index (χ3n) is 4.42. The average Bonchev–Trinajstić information content (AvgIpc) is 2.66. The standard InChI is InChI=1S/C16H22N2/c1-12-15(10-13-6-5-9-17-11-13)14-7-3-4-8-16(14)18(12)2/h3-4,7-8,13,17H,5-6,9-11H2,1-2H3. The Bertz CT molecular complexity index is 547. The zero-order chi connectivity index (χ0) is 12.5. The first-order chi connectivity index (χ1) is 8.77. The number of nitrogens with zero attached hydrogens (tertiary/aromatic N) is 1. The largest absolute Gasteiger partial charge is 0.348 e. The highest BCUT2D eigenvalue weighted by atomic mass is 14.9. The van der Waals surface area contributed by atoms with E-state index in [4.69, 9.17) is 0 Å². The molecule has 0 saturated carbocycles. The normalized spacial score (nSPS) is 20.4. The Hall–Kier alpha value is -1.28. The fraction of sp³-hybridized carbons (Fsp3) is 0.500. The first-order valence-corrected chi connectivity index (χ1v) is 7.01. The second kappa shape index (κ2) is 4.77. The molecular weight excluding hydrogens is 220 g/mol. The van der Waals surface area contributed by atoms with Crippen LogP contribution in [0.25, 0.3) is 10.9 Å². The highest BCUT2D eigenvalue weighted by molar-refractivity contribution is 5.85. The zero-order valence-corrected chi connectivity index (χ0v) is 11.4. The summed E-state index contributed by atoms with van der Waals surface area (Å²) in [7, 11) is 2.18. The van der Waals surface area contributed by atoms with Crippen LogP contribution >= 0.6 is 0 Å². The van der Waals surface area contributed by atoms with Gasteiger partial charge in [0.2, 0.25) is 0 Å². The second-order valence-electron chi connectivity index (χ2n) is 5.56. The van der Waals surface area contributed by atoms with Gasteiger partial charge in [-0.15, -0.1) is 0 Å². The van der Waals surface area contributed by atoms with Gasteiger partial charge in [0.1, 0.15) is 0 Å². The van der Waals surface area contributed by atoms with Gasteiger partial charge < -0.3 is 9.88 Å². The molecule has 2 heteroatoms. The van der Waals surface area contributed by atoms with Crippen molar-refractivity contribution in [1.29, 1.82) is 0 Å². The van der Waals surface area contributed by atoms with Crippen LogP contribution in [-0.2, 0) is 13.5 Å². The van der Waals surface area contributed by atoms with Crippen molar-refractivity contribution in [2.24, 2.45) is 13.0 Å². The molecule has 1 unspecified atom stereocenters. The molecule has 18 heavy (non-hydrogen) atoms. The highest BCUT2D eigenvalue weighted by Crippen LogP contribution is 2.28. The molecule has 2 aromatic rings. The number of para-hydroxylation sites is 1. The third-order valence-corrected chi connectivity index (χ3v) is 4.42. The summed E-state index contributed by atoms with van der Waals surface area (Å²) < 4.78 is 2.33. The number of rotatable bonds is 2. The summed E-state index contributed by atoms with van der Waals surface area (Å²) in [6.07, 6.45) is 3.92. The number of piperidine rings is 1. The summed E-state index contributed by atoms with van der Waals surface area (Å²) in [4.78, 5) is 0. The molecular formula is C16H22N2. The van der Waals surface area contributed by atoms with E-state index in [0.29, 0.717) is 0 Å². The summed E-state index contributed by atoms with van der Waals surface area (Å²) >= 11 is 0. The van der Waals surface area contributed by atoms with Gasteiger partial charge in [0.05, 0.1) is 0 Å². The van der Waals surface area contributed by atoms with Crippen LogP contribution < -0.4 is 5.32 Å². The number of hydrogen-bond acceptors (Lipinski definition) is 1. The molecule has 1 aromatic heterocycles. The molecule has 1 atom stereocenters. The zero-order valence-electron chi connectivity index (χ0n) is 11.4.